The number of nitrogens with one attached hydrogen (secondary N) is 1. The summed E-state index contributed by atoms with van der Waals surface area (Å²) in [6, 6.07) is 5.48. The highest BCUT2D eigenvalue weighted by atomic mass is 35.5. The molecule has 18 heavy (non-hydrogen) atoms. The molecule has 1 aliphatic rings. The van der Waals surface area contributed by atoms with Gasteiger partial charge in [0.15, 0.2) is 0 Å². The molecule has 1 N–H and O–H groups in total. The zero-order valence-electron chi connectivity index (χ0n) is 10.6. The number of benzene rings is 1. The second-order valence-corrected chi connectivity index (χ2v) is 6.51. The molecule has 1 saturated heterocycles. The zero-order chi connectivity index (χ0) is 13.0. The van der Waals surface area contributed by atoms with Gasteiger partial charge in [0.05, 0.1) is 5.02 Å². The molecule has 2 atom stereocenters. The Labute approximate surface area is 117 Å². The van der Waals surface area contributed by atoms with Crippen molar-refractivity contribution in [1.29, 1.82) is 0 Å². The standard InChI is InChI=1S/C14H19ClFNS/c1-17-13(14-4-2-3-7-18-14)9-10-5-6-12(16)11(15)8-10/h5-6,8,13-14,17H,2-4,7,9H2,1H3. The van der Waals surface area contributed by atoms with Crippen molar-refractivity contribution >= 4 is 23.4 Å². The third-order valence-electron chi connectivity index (χ3n) is 3.47. The number of rotatable bonds is 4. The molecule has 1 heterocycles. The summed E-state index contributed by atoms with van der Waals surface area (Å²) in [5.41, 5.74) is 1.10. The lowest BCUT2D eigenvalue weighted by molar-refractivity contribution is 0.494. The van der Waals surface area contributed by atoms with Crippen LogP contribution in [0.4, 0.5) is 4.39 Å². The van der Waals surface area contributed by atoms with Crippen molar-refractivity contribution in [3.8, 4) is 0 Å². The van der Waals surface area contributed by atoms with Crippen LogP contribution in [0.1, 0.15) is 24.8 Å². The first-order valence-electron chi connectivity index (χ1n) is 6.43. The smallest absolute Gasteiger partial charge is 0.141 e. The summed E-state index contributed by atoms with van der Waals surface area (Å²) in [7, 11) is 2.00. The molecule has 1 aromatic rings. The Morgan fingerprint density at radius 3 is 2.94 bits per heavy atom. The van der Waals surface area contributed by atoms with Crippen molar-refractivity contribution in [2.75, 3.05) is 12.8 Å². The first-order valence-corrected chi connectivity index (χ1v) is 7.86. The van der Waals surface area contributed by atoms with Crippen LogP contribution in [-0.4, -0.2) is 24.1 Å². The Morgan fingerprint density at radius 2 is 2.33 bits per heavy atom. The number of hydrogen-bond donors (Lipinski definition) is 1. The highest BCUT2D eigenvalue weighted by Crippen LogP contribution is 2.29. The van der Waals surface area contributed by atoms with Gasteiger partial charge in [-0.15, -0.1) is 0 Å². The summed E-state index contributed by atoms with van der Waals surface area (Å²) in [4.78, 5) is 0. The minimum absolute atomic E-state index is 0.221. The van der Waals surface area contributed by atoms with E-state index in [2.05, 4.69) is 17.1 Å². The van der Waals surface area contributed by atoms with Gasteiger partial charge in [0.2, 0.25) is 0 Å². The summed E-state index contributed by atoms with van der Waals surface area (Å²) < 4.78 is 13.1. The molecule has 1 aliphatic heterocycles. The number of halogens is 2. The minimum Gasteiger partial charge on any atom is -0.316 e. The van der Waals surface area contributed by atoms with Crippen LogP contribution in [0, 0.1) is 5.82 Å². The normalized spacial score (nSPS) is 21.8. The van der Waals surface area contributed by atoms with Crippen LogP contribution in [0.3, 0.4) is 0 Å². The minimum atomic E-state index is -0.339. The molecule has 0 aliphatic carbocycles. The van der Waals surface area contributed by atoms with E-state index >= 15 is 0 Å². The zero-order valence-corrected chi connectivity index (χ0v) is 12.2. The molecule has 100 valence electrons. The van der Waals surface area contributed by atoms with E-state index < -0.39 is 0 Å². The van der Waals surface area contributed by atoms with Crippen molar-refractivity contribution in [1.82, 2.24) is 5.32 Å². The highest BCUT2D eigenvalue weighted by molar-refractivity contribution is 8.00. The van der Waals surface area contributed by atoms with Crippen molar-refractivity contribution in [2.24, 2.45) is 0 Å². The third-order valence-corrected chi connectivity index (χ3v) is 5.28. The second-order valence-electron chi connectivity index (χ2n) is 4.75. The molecule has 1 fully saturated rings. The molecule has 0 aromatic heterocycles. The van der Waals surface area contributed by atoms with Crippen LogP contribution in [0.25, 0.3) is 0 Å². The first-order chi connectivity index (χ1) is 8.70. The molecule has 0 radical (unpaired) electrons. The van der Waals surface area contributed by atoms with Gasteiger partial charge in [0.1, 0.15) is 5.82 Å². The van der Waals surface area contributed by atoms with Gasteiger partial charge in [0, 0.05) is 11.3 Å². The van der Waals surface area contributed by atoms with Crippen molar-refractivity contribution < 1.29 is 4.39 Å². The van der Waals surface area contributed by atoms with Gasteiger partial charge >= 0.3 is 0 Å². The average molecular weight is 288 g/mol. The van der Waals surface area contributed by atoms with Crippen LogP contribution in [0.15, 0.2) is 18.2 Å². The van der Waals surface area contributed by atoms with Crippen LogP contribution in [0.2, 0.25) is 5.02 Å². The lowest BCUT2D eigenvalue weighted by atomic mass is 9.99. The summed E-state index contributed by atoms with van der Waals surface area (Å²) in [6.07, 6.45) is 4.83. The van der Waals surface area contributed by atoms with Crippen LogP contribution in [-0.2, 0) is 6.42 Å². The van der Waals surface area contributed by atoms with Crippen molar-refractivity contribution in [3.63, 3.8) is 0 Å². The second kappa shape index (κ2) is 6.78. The lowest BCUT2D eigenvalue weighted by Gasteiger charge is -2.29. The monoisotopic (exact) mass is 287 g/mol. The van der Waals surface area contributed by atoms with E-state index in [4.69, 9.17) is 11.6 Å². The molecule has 1 nitrogen and oxygen atoms in total. The van der Waals surface area contributed by atoms with Gasteiger partial charge in [-0.1, -0.05) is 24.1 Å². The fourth-order valence-corrected chi connectivity index (χ4v) is 4.10. The molecular formula is C14H19ClFNS. The van der Waals surface area contributed by atoms with Crippen LogP contribution >= 0.6 is 23.4 Å². The lowest BCUT2D eigenvalue weighted by Crippen LogP contribution is -2.38. The molecule has 0 spiro atoms. The van der Waals surface area contributed by atoms with Crippen molar-refractivity contribution in [3.05, 3.63) is 34.6 Å². The summed E-state index contributed by atoms with van der Waals surface area (Å²) >= 11 is 7.88. The molecular weight excluding hydrogens is 269 g/mol. The molecule has 2 unspecified atom stereocenters. The maximum absolute atomic E-state index is 13.1. The molecule has 0 amide bonds. The average Bonchev–Trinajstić information content (AvgIpc) is 2.41. The van der Waals surface area contributed by atoms with E-state index in [1.165, 1.54) is 31.1 Å². The predicted octanol–water partition coefficient (Wildman–Crippen LogP) is 3.90. The molecule has 4 heteroatoms. The molecule has 0 bridgehead atoms. The Balaban J connectivity index is 2.02. The van der Waals surface area contributed by atoms with E-state index in [1.54, 1.807) is 6.07 Å². The Hall–Kier alpha value is -0.250. The Morgan fingerprint density at radius 1 is 1.50 bits per heavy atom. The van der Waals surface area contributed by atoms with E-state index in [-0.39, 0.29) is 10.8 Å². The summed E-state index contributed by atoms with van der Waals surface area (Å²) in [5.74, 6) is 0.918. The summed E-state index contributed by atoms with van der Waals surface area (Å²) in [6.45, 7) is 0. The topological polar surface area (TPSA) is 12.0 Å². The quantitative estimate of drug-likeness (QED) is 0.901. The van der Waals surface area contributed by atoms with Gasteiger partial charge < -0.3 is 5.32 Å². The third kappa shape index (κ3) is 3.62. The first kappa shape index (κ1) is 14.2. The maximum atomic E-state index is 13.1. The number of thioether (sulfide) groups is 1. The van der Waals surface area contributed by atoms with Gasteiger partial charge in [0.25, 0.3) is 0 Å². The van der Waals surface area contributed by atoms with Gasteiger partial charge in [-0.05, 0) is 49.8 Å². The van der Waals surface area contributed by atoms with Crippen molar-refractivity contribution in [2.45, 2.75) is 37.0 Å². The van der Waals surface area contributed by atoms with E-state index in [1.807, 2.05) is 13.1 Å². The number of likely N-dealkylation sites (N-methyl/N-ethyl adjacent to an activating group) is 1. The molecule has 0 saturated carbocycles. The maximum Gasteiger partial charge on any atom is 0.141 e. The Bertz CT molecular complexity index is 393. The van der Waals surface area contributed by atoms with Crippen LogP contribution < -0.4 is 5.32 Å². The predicted molar refractivity (Wildman–Crippen MR) is 78.1 cm³/mol. The van der Waals surface area contributed by atoms with Gasteiger partial charge in [-0.3, -0.25) is 0 Å². The van der Waals surface area contributed by atoms with E-state index in [9.17, 15) is 4.39 Å². The number of hydrogen-bond acceptors (Lipinski definition) is 2. The Kier molecular flexibility index (Phi) is 5.34. The van der Waals surface area contributed by atoms with Crippen LogP contribution in [0.5, 0.6) is 0 Å². The van der Waals surface area contributed by atoms with Gasteiger partial charge in [-0.2, -0.15) is 11.8 Å². The fraction of sp³-hybridized carbons (Fsp3) is 0.571. The molecule has 1 aromatic carbocycles. The van der Waals surface area contributed by atoms with E-state index in [0.717, 1.165) is 12.0 Å². The van der Waals surface area contributed by atoms with Gasteiger partial charge in [-0.25, -0.2) is 4.39 Å². The largest absolute Gasteiger partial charge is 0.316 e. The highest BCUT2D eigenvalue weighted by Gasteiger charge is 2.23. The van der Waals surface area contributed by atoms with E-state index in [0.29, 0.717) is 11.3 Å². The fourth-order valence-electron chi connectivity index (χ4n) is 2.42. The molecule has 2 rings (SSSR count). The SMILES string of the molecule is CNC(Cc1ccc(F)c(Cl)c1)C1CCCCS1. The summed E-state index contributed by atoms with van der Waals surface area (Å²) in [5, 5.41) is 4.28.